The monoisotopic (exact) mass is 548 g/mol. The molecule has 2 amide bonds. The number of aliphatic hydroxyl groups is 2. The number of para-hydroxylation sites is 3. The first-order chi connectivity index (χ1) is 19.4. The fourth-order valence-electron chi connectivity index (χ4n) is 4.56. The Bertz CT molecular complexity index is 1430. The van der Waals surface area contributed by atoms with Gasteiger partial charge in [-0.2, -0.15) is 0 Å². The summed E-state index contributed by atoms with van der Waals surface area (Å²) in [6.45, 7) is 1.42. The molecule has 0 radical (unpaired) electrons. The fourth-order valence-corrected chi connectivity index (χ4v) is 4.56. The van der Waals surface area contributed by atoms with Crippen LogP contribution in [0.15, 0.2) is 67.3 Å². The fraction of sp³-hybridized carbons (Fsp3) is 0.333. The second-order valence-corrected chi connectivity index (χ2v) is 9.54. The van der Waals surface area contributed by atoms with Gasteiger partial charge in [0.05, 0.1) is 12.0 Å². The Balaban J connectivity index is 1.07. The van der Waals surface area contributed by atoms with E-state index in [-0.39, 0.29) is 11.8 Å². The van der Waals surface area contributed by atoms with Gasteiger partial charge in [0.15, 0.2) is 23.4 Å². The molecule has 40 heavy (non-hydrogen) atoms. The van der Waals surface area contributed by atoms with E-state index >= 15 is 0 Å². The number of benzene rings is 2. The maximum Gasteiger partial charge on any atom is 0.319 e. The normalized spacial score (nSPS) is 20.6. The predicted molar refractivity (Wildman–Crippen MR) is 148 cm³/mol. The van der Waals surface area contributed by atoms with Gasteiger partial charge in [0, 0.05) is 13.1 Å². The van der Waals surface area contributed by atoms with E-state index in [9.17, 15) is 15.0 Å². The van der Waals surface area contributed by atoms with Crippen LogP contribution in [0.2, 0.25) is 0 Å². The molecule has 0 saturated carbocycles. The number of carbonyl (C=O) groups is 1. The molecule has 13 nitrogen and oxygen atoms in total. The van der Waals surface area contributed by atoms with Crippen molar-refractivity contribution < 1.29 is 24.5 Å². The molecule has 2 aromatic carbocycles. The van der Waals surface area contributed by atoms with Crippen LogP contribution in [-0.2, 0) is 4.74 Å². The van der Waals surface area contributed by atoms with Crippen molar-refractivity contribution in [1.29, 1.82) is 0 Å². The largest absolute Gasteiger partial charge is 0.455 e. The molecule has 1 aliphatic rings. The van der Waals surface area contributed by atoms with Crippen LogP contribution in [0.1, 0.15) is 12.6 Å². The van der Waals surface area contributed by atoms with Gasteiger partial charge in [-0.3, -0.25) is 4.57 Å². The van der Waals surface area contributed by atoms with E-state index in [1.54, 1.807) is 16.7 Å². The van der Waals surface area contributed by atoms with Crippen LogP contribution in [0.4, 0.5) is 16.3 Å². The van der Waals surface area contributed by atoms with Crippen LogP contribution >= 0.6 is 0 Å². The number of hydrogen-bond acceptors (Lipinski definition) is 10. The van der Waals surface area contributed by atoms with Gasteiger partial charge in [0.2, 0.25) is 0 Å². The number of aliphatic hydroxyl groups excluding tert-OH is 2. The smallest absolute Gasteiger partial charge is 0.319 e. The number of imidazole rings is 1. The Morgan fingerprint density at radius 1 is 1.10 bits per heavy atom. The summed E-state index contributed by atoms with van der Waals surface area (Å²) in [5, 5.41) is 27.0. The number of urea groups is 1. The molecule has 4 aromatic rings. The number of amides is 2. The third-order valence-electron chi connectivity index (χ3n) is 6.60. The van der Waals surface area contributed by atoms with E-state index in [0.717, 1.165) is 0 Å². The van der Waals surface area contributed by atoms with Crippen molar-refractivity contribution in [2.45, 2.75) is 31.0 Å². The zero-order chi connectivity index (χ0) is 28.1. The summed E-state index contributed by atoms with van der Waals surface area (Å²) in [5.74, 6) is 1.44. The van der Waals surface area contributed by atoms with Crippen LogP contribution in [0, 0.1) is 0 Å². The lowest BCUT2D eigenvalue weighted by molar-refractivity contribution is -0.0421. The SMILES string of the molecule is CN(CCCNC(=O)Nc1ccccc1Oc1ccccc1)C[C@H]1O[C@@H](n2cnc3c(N)ncnc32)[C@H](O)[C@@H]1O. The molecule has 1 saturated heterocycles. The molecule has 0 bridgehead atoms. The Morgan fingerprint density at radius 2 is 1.88 bits per heavy atom. The lowest BCUT2D eigenvalue weighted by Gasteiger charge is -2.22. The van der Waals surface area contributed by atoms with Gasteiger partial charge >= 0.3 is 6.03 Å². The second kappa shape index (κ2) is 12.3. The van der Waals surface area contributed by atoms with Crippen LogP contribution < -0.4 is 21.1 Å². The quantitative estimate of drug-likeness (QED) is 0.184. The molecule has 210 valence electrons. The van der Waals surface area contributed by atoms with Crippen LogP contribution in [-0.4, -0.2) is 85.7 Å². The average molecular weight is 549 g/mol. The number of nitrogens with two attached hydrogens (primary N) is 1. The highest BCUT2D eigenvalue weighted by Gasteiger charge is 2.44. The van der Waals surface area contributed by atoms with E-state index in [1.165, 1.54) is 12.7 Å². The zero-order valence-electron chi connectivity index (χ0n) is 21.9. The first kappa shape index (κ1) is 27.3. The zero-order valence-corrected chi connectivity index (χ0v) is 21.9. The highest BCUT2D eigenvalue weighted by Crippen LogP contribution is 2.32. The number of anilines is 2. The van der Waals surface area contributed by atoms with E-state index in [4.69, 9.17) is 15.2 Å². The number of fused-ring (bicyclic) bond motifs is 1. The Kier molecular flexibility index (Phi) is 8.36. The second-order valence-electron chi connectivity index (χ2n) is 9.54. The first-order valence-corrected chi connectivity index (χ1v) is 12.9. The van der Waals surface area contributed by atoms with Crippen LogP contribution in [0.5, 0.6) is 11.5 Å². The molecule has 1 fully saturated rings. The van der Waals surface area contributed by atoms with Crippen molar-refractivity contribution in [2.75, 3.05) is 37.7 Å². The van der Waals surface area contributed by atoms with Crippen LogP contribution in [0.3, 0.4) is 0 Å². The highest BCUT2D eigenvalue weighted by atomic mass is 16.6. The maximum absolute atomic E-state index is 12.5. The minimum absolute atomic E-state index is 0.222. The molecule has 13 heteroatoms. The third-order valence-corrected chi connectivity index (χ3v) is 6.60. The summed E-state index contributed by atoms with van der Waals surface area (Å²) in [7, 11) is 1.88. The minimum atomic E-state index is -1.17. The lowest BCUT2D eigenvalue weighted by Crippen LogP contribution is -2.39. The Hall–Kier alpha value is -4.30. The Morgan fingerprint density at radius 3 is 2.70 bits per heavy atom. The molecule has 3 heterocycles. The standard InChI is InChI=1S/C27H32N8O5/c1-34(14-20-22(36)23(37)26(40-20)35-16-32-21-24(28)30-15-31-25(21)35)13-7-12-29-27(38)33-18-10-5-6-11-19(18)39-17-8-3-2-4-9-17/h2-6,8-11,15-16,20,22-23,26,36-37H,7,12-14H2,1H3,(H2,28,30,31)(H2,29,33,38)/t20-,22-,23-,26-/m1/s1. The highest BCUT2D eigenvalue weighted by molar-refractivity contribution is 5.91. The molecule has 0 aliphatic carbocycles. The summed E-state index contributed by atoms with van der Waals surface area (Å²) in [5.41, 5.74) is 7.22. The number of carbonyl (C=O) groups excluding carboxylic acids is 1. The van der Waals surface area contributed by atoms with Gasteiger partial charge in [-0.15, -0.1) is 0 Å². The van der Waals surface area contributed by atoms with Gasteiger partial charge in [0.25, 0.3) is 0 Å². The summed E-state index contributed by atoms with van der Waals surface area (Å²) in [6.07, 6.45) is -0.359. The van der Waals surface area contributed by atoms with Gasteiger partial charge in [-0.1, -0.05) is 30.3 Å². The molecule has 6 N–H and O–H groups in total. The van der Waals surface area contributed by atoms with Gasteiger partial charge in [-0.05, 0) is 44.3 Å². The van der Waals surface area contributed by atoms with Gasteiger partial charge < -0.3 is 41.0 Å². The maximum atomic E-state index is 12.5. The number of nitrogen functional groups attached to an aromatic ring is 1. The van der Waals surface area contributed by atoms with E-state index in [0.29, 0.717) is 54.4 Å². The topological polar surface area (TPSA) is 173 Å². The summed E-state index contributed by atoms with van der Waals surface area (Å²) < 4.78 is 13.4. The van der Waals surface area contributed by atoms with E-state index in [1.807, 2.05) is 54.4 Å². The predicted octanol–water partition coefficient (Wildman–Crippen LogP) is 1.96. The number of hydrogen-bond donors (Lipinski definition) is 5. The average Bonchev–Trinajstić information content (AvgIpc) is 3.50. The van der Waals surface area contributed by atoms with Gasteiger partial charge in [0.1, 0.15) is 35.9 Å². The number of ether oxygens (including phenoxy) is 2. The minimum Gasteiger partial charge on any atom is -0.455 e. The van der Waals surface area contributed by atoms with Crippen molar-refractivity contribution in [3.8, 4) is 11.5 Å². The van der Waals surface area contributed by atoms with Crippen LogP contribution in [0.25, 0.3) is 11.2 Å². The molecular formula is C27H32N8O5. The van der Waals surface area contributed by atoms with Crippen molar-refractivity contribution in [2.24, 2.45) is 0 Å². The molecule has 5 rings (SSSR count). The molecule has 4 atom stereocenters. The number of aromatic nitrogens is 4. The van der Waals surface area contributed by atoms with Gasteiger partial charge in [-0.25, -0.2) is 19.7 Å². The number of likely N-dealkylation sites (N-methyl/N-ethyl adjacent to an activating group) is 1. The summed E-state index contributed by atoms with van der Waals surface area (Å²) >= 11 is 0. The van der Waals surface area contributed by atoms with Crippen molar-refractivity contribution >= 4 is 28.7 Å². The lowest BCUT2D eigenvalue weighted by atomic mass is 10.1. The molecular weight excluding hydrogens is 516 g/mol. The molecule has 0 spiro atoms. The molecule has 0 unspecified atom stereocenters. The van der Waals surface area contributed by atoms with E-state index < -0.39 is 24.5 Å². The summed E-state index contributed by atoms with van der Waals surface area (Å²) in [6, 6.07) is 16.2. The van der Waals surface area contributed by atoms with Crippen molar-refractivity contribution in [1.82, 2.24) is 29.7 Å². The Labute approximate surface area is 230 Å². The number of rotatable bonds is 10. The van der Waals surface area contributed by atoms with Crippen molar-refractivity contribution in [3.63, 3.8) is 0 Å². The van der Waals surface area contributed by atoms with E-state index in [2.05, 4.69) is 25.6 Å². The molecule has 2 aromatic heterocycles. The summed E-state index contributed by atoms with van der Waals surface area (Å²) in [4.78, 5) is 26.8. The molecule has 1 aliphatic heterocycles. The first-order valence-electron chi connectivity index (χ1n) is 12.9. The number of nitrogens with one attached hydrogen (secondary N) is 2. The third kappa shape index (κ3) is 6.13. The van der Waals surface area contributed by atoms with Crippen molar-refractivity contribution in [3.05, 3.63) is 67.3 Å². The number of nitrogens with zero attached hydrogens (tertiary/aromatic N) is 5.